The van der Waals surface area contributed by atoms with Crippen LogP contribution in [0.15, 0.2) is 95.0 Å². The van der Waals surface area contributed by atoms with E-state index in [1.54, 1.807) is 0 Å². The third-order valence-electron chi connectivity index (χ3n) is 4.91. The lowest BCUT2D eigenvalue weighted by molar-refractivity contribution is 0.549. The van der Waals surface area contributed by atoms with Crippen LogP contribution in [0.25, 0.3) is 5.70 Å². The zero-order chi connectivity index (χ0) is 18.2. The number of amidine groups is 1. The number of nitrogens with zero attached hydrogens (tertiary/aromatic N) is 3. The van der Waals surface area contributed by atoms with Crippen LogP contribution in [0.5, 0.6) is 0 Å². The van der Waals surface area contributed by atoms with Crippen LogP contribution in [-0.4, -0.2) is 16.4 Å². The van der Waals surface area contributed by atoms with Gasteiger partial charge < -0.3 is 4.90 Å². The van der Waals surface area contributed by atoms with Crippen molar-refractivity contribution in [3.8, 4) is 0 Å². The molecule has 3 aromatic rings. The van der Waals surface area contributed by atoms with Gasteiger partial charge in [0.2, 0.25) is 0 Å². The number of fused-ring (bicyclic) bond motifs is 2. The van der Waals surface area contributed by atoms with Crippen molar-refractivity contribution in [2.75, 3.05) is 0 Å². The molecule has 5 rings (SSSR count). The van der Waals surface area contributed by atoms with E-state index in [0.29, 0.717) is 0 Å². The normalized spacial score (nSPS) is 15.3. The van der Waals surface area contributed by atoms with Crippen LogP contribution in [0.3, 0.4) is 0 Å². The molecule has 3 heteroatoms. The van der Waals surface area contributed by atoms with Crippen molar-refractivity contribution in [1.29, 1.82) is 0 Å². The van der Waals surface area contributed by atoms with Crippen LogP contribution in [0.1, 0.15) is 22.3 Å². The smallest absolute Gasteiger partial charge is 0.160 e. The van der Waals surface area contributed by atoms with Crippen molar-refractivity contribution >= 4 is 22.9 Å². The Balaban J connectivity index is 1.69. The fourth-order valence-electron chi connectivity index (χ4n) is 3.57. The lowest BCUT2D eigenvalue weighted by Crippen LogP contribution is -2.37. The predicted octanol–water partition coefficient (Wildman–Crippen LogP) is 5.34. The quantitative estimate of drug-likeness (QED) is 0.613. The minimum Gasteiger partial charge on any atom is -0.325 e. The van der Waals surface area contributed by atoms with Gasteiger partial charge >= 0.3 is 0 Å². The van der Waals surface area contributed by atoms with Crippen LogP contribution >= 0.6 is 0 Å². The average Bonchev–Trinajstić information content (AvgIpc) is 2.72. The summed E-state index contributed by atoms with van der Waals surface area (Å²) in [6.45, 7) is 2.91. The summed E-state index contributed by atoms with van der Waals surface area (Å²) in [5, 5.41) is 0. The van der Waals surface area contributed by atoms with Crippen molar-refractivity contribution < 1.29 is 0 Å². The number of hydrogen-bond donors (Lipinski definition) is 0. The third kappa shape index (κ3) is 2.87. The molecule has 0 N–H and O–H groups in total. The second-order valence-corrected chi connectivity index (χ2v) is 6.90. The molecule has 3 aromatic carbocycles. The van der Waals surface area contributed by atoms with Gasteiger partial charge in [-0.2, -0.15) is 0 Å². The van der Waals surface area contributed by atoms with Crippen LogP contribution in [0.4, 0.5) is 5.69 Å². The van der Waals surface area contributed by atoms with Gasteiger partial charge in [-0.3, -0.25) is 0 Å². The largest absolute Gasteiger partial charge is 0.325 e. The molecule has 2 heterocycles. The number of aliphatic imine (C=N–C) groups is 2. The van der Waals surface area contributed by atoms with Crippen molar-refractivity contribution in [3.63, 3.8) is 0 Å². The highest BCUT2D eigenvalue weighted by Crippen LogP contribution is 2.32. The Hall–Kier alpha value is -3.46. The summed E-state index contributed by atoms with van der Waals surface area (Å²) < 4.78 is 0. The van der Waals surface area contributed by atoms with Crippen LogP contribution < -0.4 is 0 Å². The maximum atomic E-state index is 5.03. The zero-order valence-electron chi connectivity index (χ0n) is 15.1. The fourth-order valence-corrected chi connectivity index (χ4v) is 3.57. The molecule has 0 radical (unpaired) electrons. The first-order valence-electron chi connectivity index (χ1n) is 9.14. The maximum absolute atomic E-state index is 5.03. The van der Waals surface area contributed by atoms with Gasteiger partial charge in [-0.1, -0.05) is 72.3 Å². The molecule has 0 aliphatic carbocycles. The molecule has 0 amide bonds. The molecule has 2 aliphatic heterocycles. The predicted molar refractivity (Wildman–Crippen MR) is 111 cm³/mol. The maximum Gasteiger partial charge on any atom is 0.160 e. The van der Waals surface area contributed by atoms with Crippen molar-refractivity contribution in [2.45, 2.75) is 13.5 Å². The molecule has 0 saturated carbocycles. The van der Waals surface area contributed by atoms with Crippen molar-refractivity contribution in [3.05, 3.63) is 107 Å². The molecular formula is C24H19N3. The highest BCUT2D eigenvalue weighted by atomic mass is 15.2. The van der Waals surface area contributed by atoms with E-state index >= 15 is 0 Å². The Morgan fingerprint density at radius 1 is 0.778 bits per heavy atom. The molecule has 0 bridgehead atoms. The summed E-state index contributed by atoms with van der Waals surface area (Å²) in [5.41, 5.74) is 7.59. The number of para-hydroxylation sites is 1. The highest BCUT2D eigenvalue weighted by Gasteiger charge is 2.27. The molecule has 0 unspecified atom stereocenters. The van der Waals surface area contributed by atoms with Gasteiger partial charge in [0.05, 0.1) is 17.9 Å². The summed E-state index contributed by atoms with van der Waals surface area (Å²) in [4.78, 5) is 12.2. The first kappa shape index (κ1) is 15.8. The van der Waals surface area contributed by atoms with Crippen molar-refractivity contribution in [1.82, 2.24) is 4.90 Å². The van der Waals surface area contributed by atoms with Gasteiger partial charge in [-0.25, -0.2) is 9.98 Å². The topological polar surface area (TPSA) is 28.0 Å². The Labute approximate surface area is 159 Å². The third-order valence-corrected chi connectivity index (χ3v) is 4.91. The Bertz CT molecular complexity index is 1110. The number of benzene rings is 3. The molecule has 27 heavy (non-hydrogen) atoms. The van der Waals surface area contributed by atoms with E-state index in [1.807, 2.05) is 24.3 Å². The first-order chi connectivity index (χ1) is 13.3. The number of hydrogen-bond acceptors (Lipinski definition) is 3. The van der Waals surface area contributed by atoms with E-state index in [-0.39, 0.29) is 0 Å². The standard InChI is InChI=1S/C24H19N3/c1-17-8-7-12-19(14-17)22-16-27-15-20-11-5-6-13-21(20)26-24(27)23(25-22)18-9-3-2-4-10-18/h2-14,16H,15H2,1H3. The fraction of sp³-hybridized carbons (Fsp3) is 0.0833. The minimum absolute atomic E-state index is 0.802. The van der Waals surface area contributed by atoms with Gasteiger partial charge in [-0.05, 0) is 24.6 Å². The van der Waals surface area contributed by atoms with Crippen LogP contribution in [0.2, 0.25) is 0 Å². The Morgan fingerprint density at radius 2 is 1.56 bits per heavy atom. The van der Waals surface area contributed by atoms with E-state index < -0.39 is 0 Å². The summed E-state index contributed by atoms with van der Waals surface area (Å²) in [6.07, 6.45) is 2.12. The van der Waals surface area contributed by atoms with E-state index in [9.17, 15) is 0 Å². The summed E-state index contributed by atoms with van der Waals surface area (Å²) in [7, 11) is 0. The molecule has 0 fully saturated rings. The van der Waals surface area contributed by atoms with E-state index in [2.05, 4.69) is 72.6 Å². The lowest BCUT2D eigenvalue weighted by Gasteiger charge is -2.32. The molecule has 0 saturated heterocycles. The SMILES string of the molecule is Cc1cccc(C2=CN3Cc4ccccc4N=C3C(c3ccccc3)=N2)c1. The number of rotatable bonds is 2. The van der Waals surface area contributed by atoms with Gasteiger partial charge in [0.1, 0.15) is 5.71 Å². The van der Waals surface area contributed by atoms with Gasteiger partial charge in [-0.15, -0.1) is 0 Å². The first-order valence-corrected chi connectivity index (χ1v) is 9.14. The average molecular weight is 349 g/mol. The van der Waals surface area contributed by atoms with E-state index in [0.717, 1.165) is 40.6 Å². The minimum atomic E-state index is 0.802. The molecule has 0 atom stereocenters. The Morgan fingerprint density at radius 3 is 2.41 bits per heavy atom. The van der Waals surface area contributed by atoms with E-state index in [4.69, 9.17) is 9.98 Å². The second kappa shape index (κ2) is 6.36. The van der Waals surface area contributed by atoms with Crippen molar-refractivity contribution in [2.24, 2.45) is 9.98 Å². The monoisotopic (exact) mass is 349 g/mol. The molecule has 0 spiro atoms. The summed E-state index contributed by atoms with van der Waals surface area (Å²) in [6, 6.07) is 27.1. The summed E-state index contributed by atoms with van der Waals surface area (Å²) >= 11 is 0. The summed E-state index contributed by atoms with van der Waals surface area (Å²) in [5.74, 6) is 0.913. The lowest BCUT2D eigenvalue weighted by atomic mass is 10.0. The van der Waals surface area contributed by atoms with Crippen LogP contribution in [0, 0.1) is 6.92 Å². The molecular weight excluding hydrogens is 330 g/mol. The second-order valence-electron chi connectivity index (χ2n) is 6.90. The molecule has 2 aliphatic rings. The molecule has 3 nitrogen and oxygen atoms in total. The molecule has 130 valence electrons. The molecule has 0 aromatic heterocycles. The van der Waals surface area contributed by atoms with Crippen LogP contribution in [-0.2, 0) is 6.54 Å². The Kier molecular flexibility index (Phi) is 3.72. The van der Waals surface area contributed by atoms with E-state index in [1.165, 1.54) is 11.1 Å². The zero-order valence-corrected chi connectivity index (χ0v) is 15.1. The van der Waals surface area contributed by atoms with Gasteiger partial charge in [0, 0.05) is 17.3 Å². The van der Waals surface area contributed by atoms with Gasteiger partial charge in [0.25, 0.3) is 0 Å². The highest BCUT2D eigenvalue weighted by molar-refractivity contribution is 6.49. The number of aryl methyl sites for hydroxylation is 1. The van der Waals surface area contributed by atoms with Gasteiger partial charge in [0.15, 0.2) is 5.84 Å².